The molecule has 0 aliphatic carbocycles. The van der Waals surface area contributed by atoms with Crippen LogP contribution in [0.1, 0.15) is 27.2 Å². The van der Waals surface area contributed by atoms with Gasteiger partial charge in [0.1, 0.15) is 13.1 Å². The summed E-state index contributed by atoms with van der Waals surface area (Å²) in [6.45, 7) is 6.51. The third-order valence-corrected chi connectivity index (χ3v) is 2.28. The first-order valence-corrected chi connectivity index (χ1v) is 6.76. The fourth-order valence-corrected chi connectivity index (χ4v) is 1.43. The lowest BCUT2D eigenvalue weighted by Gasteiger charge is -2.17. The average Bonchev–Trinajstić information content (AvgIpc) is 2.44. The SMILES string of the molecule is CCCNc1nc(OC(C)C)nc(N(CC#N)CC#N)n1. The molecule has 8 nitrogen and oxygen atoms in total. The minimum atomic E-state index is -0.0836. The molecule has 0 aliphatic rings. The van der Waals surface area contributed by atoms with Crippen molar-refractivity contribution >= 4 is 11.9 Å². The van der Waals surface area contributed by atoms with Gasteiger partial charge in [0.25, 0.3) is 0 Å². The topological polar surface area (TPSA) is 111 Å². The van der Waals surface area contributed by atoms with E-state index in [1.807, 2.05) is 32.9 Å². The second kappa shape index (κ2) is 8.54. The third kappa shape index (κ3) is 5.49. The Balaban J connectivity index is 3.09. The molecule has 1 aromatic heterocycles. The maximum atomic E-state index is 8.83. The van der Waals surface area contributed by atoms with E-state index in [1.54, 1.807) is 0 Å². The van der Waals surface area contributed by atoms with E-state index in [1.165, 1.54) is 4.90 Å². The monoisotopic (exact) mass is 289 g/mol. The molecule has 0 atom stereocenters. The predicted molar refractivity (Wildman–Crippen MR) is 77.8 cm³/mol. The zero-order valence-corrected chi connectivity index (χ0v) is 12.5. The first-order chi connectivity index (χ1) is 10.1. The first kappa shape index (κ1) is 16.4. The minimum Gasteiger partial charge on any atom is -0.461 e. The smallest absolute Gasteiger partial charge is 0.323 e. The van der Waals surface area contributed by atoms with E-state index in [2.05, 4.69) is 20.3 Å². The molecule has 1 heterocycles. The summed E-state index contributed by atoms with van der Waals surface area (Å²) in [5.74, 6) is 0.626. The van der Waals surface area contributed by atoms with E-state index in [-0.39, 0.29) is 31.2 Å². The van der Waals surface area contributed by atoms with Gasteiger partial charge in [0.2, 0.25) is 11.9 Å². The second-order valence-corrected chi connectivity index (χ2v) is 4.51. The fourth-order valence-electron chi connectivity index (χ4n) is 1.43. The van der Waals surface area contributed by atoms with Gasteiger partial charge in [-0.2, -0.15) is 25.5 Å². The van der Waals surface area contributed by atoms with E-state index < -0.39 is 0 Å². The van der Waals surface area contributed by atoms with Gasteiger partial charge in [-0.25, -0.2) is 0 Å². The quantitative estimate of drug-likeness (QED) is 0.713. The normalized spacial score (nSPS) is 9.81. The molecule has 0 aromatic carbocycles. The fraction of sp³-hybridized carbons (Fsp3) is 0.615. The number of nitriles is 2. The van der Waals surface area contributed by atoms with Gasteiger partial charge in [0.05, 0.1) is 18.2 Å². The van der Waals surface area contributed by atoms with Crippen LogP contribution in [0, 0.1) is 22.7 Å². The highest BCUT2D eigenvalue weighted by molar-refractivity contribution is 5.40. The van der Waals surface area contributed by atoms with Gasteiger partial charge in [-0.15, -0.1) is 0 Å². The van der Waals surface area contributed by atoms with Crippen LogP contribution in [0.4, 0.5) is 11.9 Å². The van der Waals surface area contributed by atoms with Crippen LogP contribution in [-0.2, 0) is 0 Å². The van der Waals surface area contributed by atoms with Gasteiger partial charge in [0.15, 0.2) is 0 Å². The molecule has 0 saturated heterocycles. The van der Waals surface area contributed by atoms with Crippen molar-refractivity contribution in [2.24, 2.45) is 0 Å². The summed E-state index contributed by atoms with van der Waals surface area (Å²) >= 11 is 0. The molecule has 8 heteroatoms. The summed E-state index contributed by atoms with van der Waals surface area (Å²) < 4.78 is 5.49. The van der Waals surface area contributed by atoms with E-state index in [9.17, 15) is 0 Å². The molecule has 0 amide bonds. The molecule has 0 fully saturated rings. The molecule has 0 unspecified atom stereocenters. The number of nitrogens with one attached hydrogen (secondary N) is 1. The van der Waals surface area contributed by atoms with Crippen LogP contribution in [0.2, 0.25) is 0 Å². The summed E-state index contributed by atoms with van der Waals surface area (Å²) in [4.78, 5) is 14.0. The summed E-state index contributed by atoms with van der Waals surface area (Å²) in [5, 5.41) is 20.7. The number of hydrogen-bond acceptors (Lipinski definition) is 8. The van der Waals surface area contributed by atoms with Crippen molar-refractivity contribution in [2.45, 2.75) is 33.3 Å². The van der Waals surface area contributed by atoms with E-state index in [0.29, 0.717) is 12.5 Å². The number of rotatable bonds is 8. The van der Waals surface area contributed by atoms with Crippen molar-refractivity contribution < 1.29 is 4.74 Å². The summed E-state index contributed by atoms with van der Waals surface area (Å²) in [7, 11) is 0. The van der Waals surface area contributed by atoms with Crippen LogP contribution < -0.4 is 15.0 Å². The summed E-state index contributed by atoms with van der Waals surface area (Å²) in [6.07, 6.45) is 0.834. The molecule has 0 saturated carbocycles. The second-order valence-electron chi connectivity index (χ2n) is 4.51. The number of nitrogens with zero attached hydrogens (tertiary/aromatic N) is 6. The Bertz CT molecular complexity index is 516. The lowest BCUT2D eigenvalue weighted by atomic mass is 10.5. The molecule has 1 N–H and O–H groups in total. The molecule has 112 valence electrons. The van der Waals surface area contributed by atoms with Crippen LogP contribution in [0.5, 0.6) is 6.01 Å². The number of anilines is 2. The highest BCUT2D eigenvalue weighted by atomic mass is 16.5. The Labute approximate surface area is 124 Å². The van der Waals surface area contributed by atoms with Gasteiger partial charge in [-0.1, -0.05) is 6.92 Å². The maximum absolute atomic E-state index is 8.83. The van der Waals surface area contributed by atoms with Crippen molar-refractivity contribution in [3.05, 3.63) is 0 Å². The van der Waals surface area contributed by atoms with E-state index in [0.717, 1.165) is 6.42 Å². The molecule has 1 aromatic rings. The van der Waals surface area contributed by atoms with Crippen LogP contribution in [0.15, 0.2) is 0 Å². The Hall–Kier alpha value is -2.61. The first-order valence-electron chi connectivity index (χ1n) is 6.76. The van der Waals surface area contributed by atoms with Crippen LogP contribution >= 0.6 is 0 Å². The van der Waals surface area contributed by atoms with E-state index >= 15 is 0 Å². The third-order valence-electron chi connectivity index (χ3n) is 2.28. The Kier molecular flexibility index (Phi) is 6.69. The maximum Gasteiger partial charge on any atom is 0.323 e. The molecule has 1 rings (SSSR count). The Morgan fingerprint density at radius 2 is 1.86 bits per heavy atom. The lowest BCUT2D eigenvalue weighted by molar-refractivity contribution is 0.222. The van der Waals surface area contributed by atoms with Crippen molar-refractivity contribution in [3.8, 4) is 18.1 Å². The number of ether oxygens (including phenoxy) is 1. The predicted octanol–water partition coefficient (Wildman–Crippen LogP) is 1.33. The van der Waals surface area contributed by atoms with Gasteiger partial charge >= 0.3 is 6.01 Å². The molecular formula is C13H19N7O. The van der Waals surface area contributed by atoms with Gasteiger partial charge < -0.3 is 15.0 Å². The Morgan fingerprint density at radius 1 is 1.19 bits per heavy atom. The molecule has 0 aliphatic heterocycles. The molecular weight excluding hydrogens is 270 g/mol. The van der Waals surface area contributed by atoms with Crippen LogP contribution in [0.25, 0.3) is 0 Å². The minimum absolute atomic E-state index is 0.0198. The van der Waals surface area contributed by atoms with Gasteiger partial charge in [0, 0.05) is 6.54 Å². The molecule has 0 spiro atoms. The standard InChI is InChI=1S/C13H19N7O/c1-4-7-16-11-17-12(20(8-5-14)9-6-15)19-13(18-11)21-10(2)3/h10H,4,7-9H2,1-3H3,(H,16,17,18,19). The van der Waals surface area contributed by atoms with Crippen LogP contribution in [-0.4, -0.2) is 40.7 Å². The highest BCUT2D eigenvalue weighted by Crippen LogP contribution is 2.15. The molecule has 21 heavy (non-hydrogen) atoms. The zero-order chi connectivity index (χ0) is 15.7. The van der Waals surface area contributed by atoms with E-state index in [4.69, 9.17) is 15.3 Å². The Morgan fingerprint density at radius 3 is 2.38 bits per heavy atom. The van der Waals surface area contributed by atoms with Crippen molar-refractivity contribution in [1.29, 1.82) is 10.5 Å². The van der Waals surface area contributed by atoms with Gasteiger partial charge in [-0.3, -0.25) is 0 Å². The number of aromatic nitrogens is 3. The highest BCUT2D eigenvalue weighted by Gasteiger charge is 2.14. The molecule has 0 radical (unpaired) electrons. The largest absolute Gasteiger partial charge is 0.461 e. The van der Waals surface area contributed by atoms with Gasteiger partial charge in [-0.05, 0) is 20.3 Å². The van der Waals surface area contributed by atoms with Crippen molar-refractivity contribution in [2.75, 3.05) is 29.9 Å². The summed E-state index contributed by atoms with van der Waals surface area (Å²) in [6, 6.07) is 4.15. The molecule has 0 bridgehead atoms. The zero-order valence-electron chi connectivity index (χ0n) is 12.5. The summed E-state index contributed by atoms with van der Waals surface area (Å²) in [5.41, 5.74) is 0. The van der Waals surface area contributed by atoms with Crippen LogP contribution in [0.3, 0.4) is 0 Å². The average molecular weight is 289 g/mol. The number of hydrogen-bond donors (Lipinski definition) is 1. The van der Waals surface area contributed by atoms with Crippen molar-refractivity contribution in [3.63, 3.8) is 0 Å². The lowest BCUT2D eigenvalue weighted by Crippen LogP contribution is -2.27. The van der Waals surface area contributed by atoms with Crippen molar-refractivity contribution in [1.82, 2.24) is 15.0 Å².